The van der Waals surface area contributed by atoms with Crippen LogP contribution in [0.15, 0.2) is 187 Å². The fraction of sp³-hybridized carbons (Fsp3) is 0.0189. The third-order valence-corrected chi connectivity index (χ3v) is 11.9. The number of aromatic nitrogens is 4. The van der Waals surface area contributed by atoms with Crippen LogP contribution in [0.2, 0.25) is 0 Å². The normalized spacial score (nSPS) is 14.9. The van der Waals surface area contributed by atoms with Crippen molar-refractivity contribution in [2.24, 2.45) is 0 Å². The number of para-hydroxylation sites is 1. The zero-order valence-corrected chi connectivity index (χ0v) is 31.2. The summed E-state index contributed by atoms with van der Waals surface area (Å²) in [5.74, 6) is 0.656. The topological polar surface area (TPSA) is 64.7 Å². The first-order valence-corrected chi connectivity index (χ1v) is 19.5. The molecule has 5 heteroatoms. The molecule has 2 aliphatic rings. The smallest absolute Gasteiger partial charge is 0.160 e. The molecule has 4 aromatic heterocycles. The summed E-state index contributed by atoms with van der Waals surface area (Å²) in [6.45, 7) is 0. The van der Waals surface area contributed by atoms with Gasteiger partial charge in [0.25, 0.3) is 0 Å². The molecule has 1 spiro atoms. The molecule has 0 saturated heterocycles. The highest BCUT2D eigenvalue weighted by Gasteiger charge is 2.49. The first kappa shape index (κ1) is 32.5. The predicted molar refractivity (Wildman–Crippen MR) is 233 cm³/mol. The number of nitrogens with zero attached hydrogens (tertiary/aromatic N) is 4. The Morgan fingerprint density at radius 2 is 1.14 bits per heavy atom. The van der Waals surface area contributed by atoms with Gasteiger partial charge in [0, 0.05) is 51.6 Å². The van der Waals surface area contributed by atoms with Gasteiger partial charge in [0.1, 0.15) is 11.2 Å². The lowest BCUT2D eigenvalue weighted by Gasteiger charge is -2.35. The molecule has 1 unspecified atom stereocenters. The number of hydrogen-bond acceptors (Lipinski definition) is 5. The van der Waals surface area contributed by atoms with Crippen LogP contribution in [0.1, 0.15) is 33.4 Å². The molecule has 0 radical (unpaired) electrons. The molecule has 0 N–H and O–H groups in total. The Kier molecular flexibility index (Phi) is 7.07. The van der Waals surface area contributed by atoms with Gasteiger partial charge in [-0.15, -0.1) is 0 Å². The minimum Gasteiger partial charge on any atom is -0.456 e. The van der Waals surface area contributed by atoms with Crippen LogP contribution in [0.4, 0.5) is 0 Å². The lowest BCUT2D eigenvalue weighted by molar-refractivity contribution is 0.666. The van der Waals surface area contributed by atoms with Crippen molar-refractivity contribution in [3.05, 3.63) is 216 Å². The van der Waals surface area contributed by atoms with Gasteiger partial charge in [0.15, 0.2) is 5.82 Å². The fourth-order valence-electron chi connectivity index (χ4n) is 9.26. The molecule has 5 nitrogen and oxygen atoms in total. The van der Waals surface area contributed by atoms with Gasteiger partial charge in [-0.2, -0.15) is 0 Å². The van der Waals surface area contributed by atoms with E-state index < -0.39 is 5.41 Å². The highest BCUT2D eigenvalue weighted by Crippen LogP contribution is 2.59. The SMILES string of the molecule is C1=Cc2ccc(-c3cc(-c4ccc(-c5cccnc5)nc4)nc(-c4ccccc4)n3)cc2C2(c3ccccc31)c1ccccc1-c1cc3c(cc12)oc1ccccc13. The van der Waals surface area contributed by atoms with E-state index in [4.69, 9.17) is 19.4 Å². The standard InChI is InChI=1S/C53H32N4O/c1-2-12-35(13-3-1)52-56-48(30-49(57-52)38-24-25-47(55-32-38)37-14-10-26-54-31-37)36-23-22-34-21-20-33-11-4-7-17-43(33)53(45(34)27-36)44-18-8-5-15-39(44)41-28-42-40-16-6-9-19-50(40)58-51(42)29-46(41)53/h1-32H. The molecule has 58 heavy (non-hydrogen) atoms. The van der Waals surface area contributed by atoms with Gasteiger partial charge in [-0.1, -0.05) is 121 Å². The fourth-order valence-corrected chi connectivity index (χ4v) is 9.26. The van der Waals surface area contributed by atoms with E-state index in [9.17, 15) is 0 Å². The van der Waals surface area contributed by atoms with Crippen LogP contribution in [-0.2, 0) is 5.41 Å². The summed E-state index contributed by atoms with van der Waals surface area (Å²) in [6.07, 6.45) is 10.0. The summed E-state index contributed by atoms with van der Waals surface area (Å²) in [4.78, 5) is 19.5. The molecule has 0 fully saturated rings. The summed E-state index contributed by atoms with van der Waals surface area (Å²) in [7, 11) is 0. The molecule has 12 rings (SSSR count). The second-order valence-electron chi connectivity index (χ2n) is 15.0. The summed E-state index contributed by atoms with van der Waals surface area (Å²) in [5.41, 5.74) is 17.1. The van der Waals surface area contributed by atoms with Crippen LogP contribution in [-0.4, -0.2) is 19.9 Å². The highest BCUT2D eigenvalue weighted by atomic mass is 16.3. The van der Waals surface area contributed by atoms with Crippen molar-refractivity contribution in [2.75, 3.05) is 0 Å². The monoisotopic (exact) mass is 740 g/mol. The quantitative estimate of drug-likeness (QED) is 0.180. The maximum atomic E-state index is 6.61. The van der Waals surface area contributed by atoms with E-state index in [1.165, 1.54) is 38.9 Å². The van der Waals surface area contributed by atoms with E-state index in [1.54, 1.807) is 6.20 Å². The second-order valence-corrected chi connectivity index (χ2v) is 15.0. The van der Waals surface area contributed by atoms with Crippen molar-refractivity contribution < 1.29 is 4.42 Å². The number of pyridine rings is 2. The molecule has 10 aromatic rings. The van der Waals surface area contributed by atoms with Crippen LogP contribution in [0.5, 0.6) is 0 Å². The first-order valence-electron chi connectivity index (χ1n) is 19.5. The van der Waals surface area contributed by atoms with E-state index in [0.29, 0.717) is 5.82 Å². The third-order valence-electron chi connectivity index (χ3n) is 11.9. The molecule has 270 valence electrons. The van der Waals surface area contributed by atoms with E-state index in [1.807, 2.05) is 54.9 Å². The molecule has 2 aliphatic carbocycles. The van der Waals surface area contributed by atoms with Crippen LogP contribution in [0, 0.1) is 0 Å². The van der Waals surface area contributed by atoms with Crippen LogP contribution < -0.4 is 0 Å². The number of benzene rings is 6. The van der Waals surface area contributed by atoms with Crippen LogP contribution in [0.3, 0.4) is 0 Å². The molecule has 0 saturated carbocycles. The second kappa shape index (κ2) is 12.6. The van der Waals surface area contributed by atoms with Crippen molar-refractivity contribution in [1.82, 2.24) is 19.9 Å². The molecular formula is C53H32N4O. The number of rotatable bonds is 4. The van der Waals surface area contributed by atoms with Gasteiger partial charge in [0.2, 0.25) is 0 Å². The minimum absolute atomic E-state index is 0.644. The molecule has 6 aromatic carbocycles. The van der Waals surface area contributed by atoms with Crippen LogP contribution in [0.25, 0.3) is 90.4 Å². The van der Waals surface area contributed by atoms with Gasteiger partial charge in [-0.3, -0.25) is 9.97 Å². The Labute approximate surface area is 334 Å². The van der Waals surface area contributed by atoms with E-state index >= 15 is 0 Å². The molecule has 0 aliphatic heterocycles. The van der Waals surface area contributed by atoms with Crippen LogP contribution >= 0.6 is 0 Å². The summed E-state index contributed by atoms with van der Waals surface area (Å²) in [6, 6.07) is 57.9. The lowest BCUT2D eigenvalue weighted by atomic mass is 9.65. The Balaban J connectivity index is 1.11. The molecular weight excluding hydrogens is 709 g/mol. The largest absolute Gasteiger partial charge is 0.456 e. The Morgan fingerprint density at radius 1 is 0.414 bits per heavy atom. The molecule has 1 atom stereocenters. The molecule has 4 heterocycles. The number of furan rings is 1. The zero-order valence-electron chi connectivity index (χ0n) is 31.2. The third kappa shape index (κ3) is 4.83. The maximum absolute atomic E-state index is 6.61. The van der Waals surface area contributed by atoms with Crippen molar-refractivity contribution in [1.29, 1.82) is 0 Å². The minimum atomic E-state index is -0.644. The van der Waals surface area contributed by atoms with Gasteiger partial charge in [-0.05, 0) is 99.1 Å². The van der Waals surface area contributed by atoms with Gasteiger partial charge in [-0.25, -0.2) is 9.97 Å². The summed E-state index contributed by atoms with van der Waals surface area (Å²) < 4.78 is 6.61. The van der Waals surface area contributed by atoms with E-state index in [2.05, 4.69) is 138 Å². The Hall–Kier alpha value is -7.76. The lowest BCUT2D eigenvalue weighted by Crippen LogP contribution is -2.30. The van der Waals surface area contributed by atoms with E-state index in [0.717, 1.165) is 66.8 Å². The molecule has 0 amide bonds. The van der Waals surface area contributed by atoms with Gasteiger partial charge >= 0.3 is 0 Å². The van der Waals surface area contributed by atoms with Crippen molar-refractivity contribution in [3.63, 3.8) is 0 Å². The van der Waals surface area contributed by atoms with Crippen molar-refractivity contribution in [3.8, 4) is 56.3 Å². The number of hydrogen-bond donors (Lipinski definition) is 0. The van der Waals surface area contributed by atoms with Crippen molar-refractivity contribution in [2.45, 2.75) is 5.41 Å². The summed E-state index contributed by atoms with van der Waals surface area (Å²) >= 11 is 0. The highest BCUT2D eigenvalue weighted by molar-refractivity contribution is 6.08. The predicted octanol–water partition coefficient (Wildman–Crippen LogP) is 12.7. The average molecular weight is 741 g/mol. The maximum Gasteiger partial charge on any atom is 0.160 e. The number of fused-ring (bicyclic) bond motifs is 12. The van der Waals surface area contributed by atoms with Crippen molar-refractivity contribution >= 4 is 34.1 Å². The summed E-state index contributed by atoms with van der Waals surface area (Å²) in [5, 5.41) is 2.25. The zero-order chi connectivity index (χ0) is 38.2. The average Bonchev–Trinajstić information content (AvgIpc) is 3.75. The molecule has 0 bridgehead atoms. The Morgan fingerprint density at radius 3 is 1.98 bits per heavy atom. The van der Waals surface area contributed by atoms with E-state index in [-0.39, 0.29) is 0 Å². The first-order chi connectivity index (χ1) is 28.7. The van der Waals surface area contributed by atoms with Gasteiger partial charge < -0.3 is 4.42 Å². The van der Waals surface area contributed by atoms with Gasteiger partial charge in [0.05, 0.1) is 22.5 Å². The Bertz CT molecular complexity index is 3280.